The van der Waals surface area contributed by atoms with Crippen molar-refractivity contribution >= 4 is 28.8 Å². The average Bonchev–Trinajstić information content (AvgIpc) is 3.05. The van der Waals surface area contributed by atoms with E-state index in [1.165, 1.54) is 4.90 Å². The number of methoxy groups -OCH3 is 1. The van der Waals surface area contributed by atoms with Crippen LogP contribution in [0.2, 0.25) is 0 Å². The molecule has 0 saturated heterocycles. The molecule has 4 rings (SSSR count). The molecule has 0 atom stereocenters. The third-order valence-corrected chi connectivity index (χ3v) is 6.14. The molecule has 1 aliphatic rings. The first kappa shape index (κ1) is 23.1. The van der Waals surface area contributed by atoms with Crippen LogP contribution >= 0.6 is 0 Å². The highest BCUT2D eigenvalue weighted by Crippen LogP contribution is 2.33. The molecular formula is C28H29N3O3. The zero-order chi connectivity index (χ0) is 24.4. The highest BCUT2D eigenvalue weighted by atomic mass is 16.5. The van der Waals surface area contributed by atoms with E-state index < -0.39 is 0 Å². The van der Waals surface area contributed by atoms with Crippen LogP contribution in [0.25, 0.3) is 5.57 Å². The fraction of sp³-hybridized carbons (Fsp3) is 0.214. The molecule has 1 N–H and O–H groups in total. The number of benzene rings is 3. The maximum absolute atomic E-state index is 13.6. The van der Waals surface area contributed by atoms with Gasteiger partial charge in [0.15, 0.2) is 0 Å². The van der Waals surface area contributed by atoms with E-state index in [9.17, 15) is 9.59 Å². The van der Waals surface area contributed by atoms with E-state index in [1.807, 2.05) is 99.6 Å². The van der Waals surface area contributed by atoms with Crippen molar-refractivity contribution < 1.29 is 14.3 Å². The molecule has 0 spiro atoms. The molecule has 6 heteroatoms. The van der Waals surface area contributed by atoms with Gasteiger partial charge in [-0.2, -0.15) is 0 Å². The number of ether oxygens (including phenoxy) is 1. The van der Waals surface area contributed by atoms with Crippen molar-refractivity contribution in [1.82, 2.24) is 4.90 Å². The van der Waals surface area contributed by atoms with Crippen molar-refractivity contribution in [3.8, 4) is 5.75 Å². The number of rotatable bonds is 7. The molecule has 1 heterocycles. The van der Waals surface area contributed by atoms with Gasteiger partial charge in [-0.15, -0.1) is 0 Å². The Morgan fingerprint density at radius 2 is 1.59 bits per heavy atom. The number of imide groups is 1. The first-order chi connectivity index (χ1) is 16.3. The van der Waals surface area contributed by atoms with E-state index in [-0.39, 0.29) is 24.1 Å². The molecule has 3 aromatic carbocycles. The Labute approximate surface area is 200 Å². The smallest absolute Gasteiger partial charge is 0.278 e. The van der Waals surface area contributed by atoms with E-state index in [4.69, 9.17) is 4.74 Å². The van der Waals surface area contributed by atoms with Crippen molar-refractivity contribution in [2.24, 2.45) is 0 Å². The zero-order valence-electron chi connectivity index (χ0n) is 20.2. The molecule has 6 nitrogen and oxygen atoms in total. The lowest BCUT2D eigenvalue weighted by molar-refractivity contribution is -0.137. The van der Waals surface area contributed by atoms with Crippen LogP contribution in [0.3, 0.4) is 0 Å². The summed E-state index contributed by atoms with van der Waals surface area (Å²) < 4.78 is 5.44. The first-order valence-electron chi connectivity index (χ1n) is 11.1. The van der Waals surface area contributed by atoms with Crippen molar-refractivity contribution in [2.45, 2.75) is 20.4 Å². The summed E-state index contributed by atoms with van der Waals surface area (Å²) in [6.07, 6.45) is 0. The van der Waals surface area contributed by atoms with Gasteiger partial charge >= 0.3 is 0 Å². The molecule has 0 aliphatic carbocycles. The van der Waals surface area contributed by atoms with Crippen LogP contribution in [0.15, 0.2) is 72.4 Å². The number of amides is 2. The second-order valence-corrected chi connectivity index (χ2v) is 8.62. The molecule has 0 radical (unpaired) electrons. The summed E-state index contributed by atoms with van der Waals surface area (Å²) in [5.74, 6) is -0.0519. The van der Waals surface area contributed by atoms with Crippen LogP contribution in [0.1, 0.15) is 22.3 Å². The van der Waals surface area contributed by atoms with Gasteiger partial charge in [0.1, 0.15) is 11.4 Å². The predicted octanol–water partition coefficient (Wildman–Crippen LogP) is 4.77. The van der Waals surface area contributed by atoms with Crippen LogP contribution < -0.4 is 15.0 Å². The minimum Gasteiger partial charge on any atom is -0.496 e. The number of carbonyl (C=O) groups excluding carboxylic acids is 2. The number of aryl methyl sites for hydroxylation is 2. The lowest BCUT2D eigenvalue weighted by atomic mass is 9.99. The molecule has 0 saturated carbocycles. The van der Waals surface area contributed by atoms with Gasteiger partial charge in [-0.1, -0.05) is 36.4 Å². The second-order valence-electron chi connectivity index (χ2n) is 8.62. The maximum Gasteiger partial charge on any atom is 0.278 e. The lowest BCUT2D eigenvalue weighted by Gasteiger charge is -2.17. The molecule has 1 aliphatic heterocycles. The maximum atomic E-state index is 13.6. The number of hydrogen-bond acceptors (Lipinski definition) is 5. The topological polar surface area (TPSA) is 61.9 Å². The SMILES string of the molecule is COc1ccccc1CN1C(=O)C(Nc2ccc(N(C)C)cc2)=C(c2ccc(C)c(C)c2)C1=O. The molecule has 0 aromatic heterocycles. The van der Waals surface area contributed by atoms with Gasteiger partial charge in [0.05, 0.1) is 19.2 Å². The Morgan fingerprint density at radius 3 is 2.24 bits per heavy atom. The van der Waals surface area contributed by atoms with Gasteiger partial charge in [-0.25, -0.2) is 0 Å². The molecule has 0 unspecified atom stereocenters. The van der Waals surface area contributed by atoms with Crippen LogP contribution in [-0.4, -0.2) is 37.9 Å². The summed E-state index contributed by atoms with van der Waals surface area (Å²) in [4.78, 5) is 30.5. The third kappa shape index (κ3) is 4.39. The largest absolute Gasteiger partial charge is 0.496 e. The summed E-state index contributed by atoms with van der Waals surface area (Å²) in [6.45, 7) is 4.15. The van der Waals surface area contributed by atoms with Crippen LogP contribution in [0, 0.1) is 13.8 Å². The van der Waals surface area contributed by atoms with Gasteiger partial charge in [0.25, 0.3) is 11.8 Å². The molecule has 34 heavy (non-hydrogen) atoms. The zero-order valence-corrected chi connectivity index (χ0v) is 20.2. The summed E-state index contributed by atoms with van der Waals surface area (Å²) in [5.41, 5.74) is 6.10. The van der Waals surface area contributed by atoms with Crippen molar-refractivity contribution in [3.63, 3.8) is 0 Å². The number of para-hydroxylation sites is 1. The second kappa shape index (κ2) is 9.43. The fourth-order valence-electron chi connectivity index (χ4n) is 3.99. The lowest BCUT2D eigenvalue weighted by Crippen LogP contribution is -2.32. The van der Waals surface area contributed by atoms with E-state index in [1.54, 1.807) is 7.11 Å². The van der Waals surface area contributed by atoms with Crippen molar-refractivity contribution in [1.29, 1.82) is 0 Å². The molecular weight excluding hydrogens is 426 g/mol. The van der Waals surface area contributed by atoms with Gasteiger partial charge < -0.3 is 15.0 Å². The summed E-state index contributed by atoms with van der Waals surface area (Å²) in [7, 11) is 5.52. The Bertz CT molecular complexity index is 1280. The number of carbonyl (C=O) groups is 2. The number of nitrogens with one attached hydrogen (secondary N) is 1. The van der Waals surface area contributed by atoms with Crippen LogP contribution in [-0.2, 0) is 16.1 Å². The summed E-state index contributed by atoms with van der Waals surface area (Å²) in [6, 6.07) is 21.0. The standard InChI is InChI=1S/C28H29N3O3/c1-18-10-11-20(16-19(18)2)25-26(29-22-12-14-23(15-13-22)30(3)4)28(33)31(27(25)32)17-21-8-6-7-9-24(21)34-5/h6-16,29H,17H2,1-5H3. The third-order valence-electron chi connectivity index (χ3n) is 6.14. The Balaban J connectivity index is 1.75. The average molecular weight is 456 g/mol. The van der Waals surface area contributed by atoms with Crippen LogP contribution in [0.4, 0.5) is 11.4 Å². The Hall–Kier alpha value is -4.06. The number of hydrogen-bond donors (Lipinski definition) is 1. The van der Waals surface area contributed by atoms with Gasteiger partial charge in [-0.3, -0.25) is 14.5 Å². The van der Waals surface area contributed by atoms with E-state index in [0.717, 1.165) is 33.6 Å². The van der Waals surface area contributed by atoms with Gasteiger partial charge in [0.2, 0.25) is 0 Å². The summed E-state index contributed by atoms with van der Waals surface area (Å²) in [5, 5.41) is 3.23. The minimum atomic E-state index is -0.360. The quantitative estimate of drug-likeness (QED) is 0.520. The van der Waals surface area contributed by atoms with E-state index in [2.05, 4.69) is 5.32 Å². The molecule has 3 aromatic rings. The molecule has 174 valence electrons. The van der Waals surface area contributed by atoms with E-state index >= 15 is 0 Å². The Kier molecular flexibility index (Phi) is 6.41. The fourth-order valence-corrected chi connectivity index (χ4v) is 3.99. The van der Waals surface area contributed by atoms with Crippen molar-refractivity contribution in [3.05, 3.63) is 94.7 Å². The van der Waals surface area contributed by atoms with Crippen LogP contribution in [0.5, 0.6) is 5.75 Å². The van der Waals surface area contributed by atoms with E-state index in [0.29, 0.717) is 11.3 Å². The molecule has 0 bridgehead atoms. The molecule has 0 fully saturated rings. The minimum absolute atomic E-state index is 0.126. The predicted molar refractivity (Wildman–Crippen MR) is 136 cm³/mol. The summed E-state index contributed by atoms with van der Waals surface area (Å²) >= 11 is 0. The normalized spacial score (nSPS) is 13.5. The van der Waals surface area contributed by atoms with Crippen molar-refractivity contribution in [2.75, 3.05) is 31.4 Å². The Morgan fingerprint density at radius 1 is 0.882 bits per heavy atom. The highest BCUT2D eigenvalue weighted by Gasteiger charge is 2.39. The van der Waals surface area contributed by atoms with Gasteiger partial charge in [-0.05, 0) is 60.9 Å². The molecule has 2 amide bonds. The number of nitrogens with zero attached hydrogens (tertiary/aromatic N) is 2. The highest BCUT2D eigenvalue weighted by molar-refractivity contribution is 6.36. The van der Waals surface area contributed by atoms with Gasteiger partial charge in [0, 0.05) is 31.0 Å². The monoisotopic (exact) mass is 455 g/mol. The first-order valence-corrected chi connectivity index (χ1v) is 11.1. The number of anilines is 2.